The molecular weight excluding hydrogens is 374 g/mol. The van der Waals surface area contributed by atoms with Gasteiger partial charge in [-0.25, -0.2) is 0 Å². The summed E-state index contributed by atoms with van der Waals surface area (Å²) in [6.45, 7) is 1.96. The van der Waals surface area contributed by atoms with Crippen molar-refractivity contribution in [1.82, 2.24) is 10.3 Å². The van der Waals surface area contributed by atoms with E-state index in [2.05, 4.69) is 20.6 Å². The number of thiocarbonyl (C=S) groups is 1. The number of hydrogen-bond acceptors (Lipinski definition) is 6. The molecule has 0 radical (unpaired) electrons. The second-order valence-corrected chi connectivity index (χ2v) is 6.23. The van der Waals surface area contributed by atoms with Gasteiger partial charge in [-0.05, 0) is 55.0 Å². The van der Waals surface area contributed by atoms with Gasteiger partial charge in [0.25, 0.3) is 5.91 Å². The third kappa shape index (κ3) is 3.87. The van der Waals surface area contributed by atoms with Gasteiger partial charge in [-0.2, -0.15) is 20.3 Å². The number of nitrogens with zero attached hydrogens (tertiary/aromatic N) is 4. The highest BCUT2D eigenvalue weighted by Crippen LogP contribution is 2.28. The van der Waals surface area contributed by atoms with Crippen LogP contribution in [0.15, 0.2) is 51.7 Å². The Morgan fingerprint density at radius 2 is 2.12 bits per heavy atom. The number of phenols is 1. The Balaban J connectivity index is 1.83. The third-order valence-electron chi connectivity index (χ3n) is 3.66. The summed E-state index contributed by atoms with van der Waals surface area (Å²) in [6, 6.07) is 10.1. The van der Waals surface area contributed by atoms with Crippen molar-refractivity contribution in [2.75, 3.05) is 6.54 Å². The van der Waals surface area contributed by atoms with E-state index in [1.54, 1.807) is 30.3 Å². The summed E-state index contributed by atoms with van der Waals surface area (Å²) in [7, 11) is 0. The number of rotatable bonds is 4. The fourth-order valence-electron chi connectivity index (χ4n) is 2.17. The molecular formula is C17H14ClN5O2S. The molecule has 0 bridgehead atoms. The van der Waals surface area contributed by atoms with Gasteiger partial charge < -0.3 is 10.4 Å². The Hall–Kier alpha value is -2.84. The summed E-state index contributed by atoms with van der Waals surface area (Å²) in [6.07, 6.45) is 1.34. The molecule has 1 aliphatic rings. The van der Waals surface area contributed by atoms with E-state index in [1.165, 1.54) is 12.3 Å². The Labute approximate surface area is 160 Å². The average Bonchev–Trinajstić information content (AvgIpc) is 2.94. The molecule has 0 aromatic heterocycles. The number of phenolic OH excluding ortho intramolecular Hbond substituents is 1. The van der Waals surface area contributed by atoms with E-state index in [1.807, 2.05) is 6.92 Å². The van der Waals surface area contributed by atoms with Crippen LogP contribution in [-0.4, -0.2) is 33.9 Å². The van der Waals surface area contributed by atoms with Crippen molar-refractivity contribution in [1.29, 1.82) is 0 Å². The lowest BCUT2D eigenvalue weighted by Gasteiger charge is -2.07. The quantitative estimate of drug-likeness (QED) is 0.474. The Morgan fingerprint density at radius 1 is 1.31 bits per heavy atom. The minimum Gasteiger partial charge on any atom is -0.507 e. The van der Waals surface area contributed by atoms with E-state index < -0.39 is 0 Å². The second-order valence-electron chi connectivity index (χ2n) is 5.44. The van der Waals surface area contributed by atoms with Crippen LogP contribution in [0.25, 0.3) is 0 Å². The second kappa shape index (κ2) is 7.59. The van der Waals surface area contributed by atoms with Crippen LogP contribution < -0.4 is 5.32 Å². The van der Waals surface area contributed by atoms with Crippen molar-refractivity contribution in [2.24, 2.45) is 15.3 Å². The first kappa shape index (κ1) is 18.0. The zero-order chi connectivity index (χ0) is 18.7. The molecule has 0 unspecified atom stereocenters. The minimum atomic E-state index is -0.266. The van der Waals surface area contributed by atoms with Gasteiger partial charge in [0.1, 0.15) is 5.75 Å². The van der Waals surface area contributed by atoms with Crippen LogP contribution >= 0.6 is 23.8 Å². The number of carbonyl (C=O) groups excluding carboxylic acids is 1. The molecule has 7 nitrogen and oxygen atoms in total. The molecule has 132 valence electrons. The maximum absolute atomic E-state index is 11.6. The lowest BCUT2D eigenvalue weighted by Crippen LogP contribution is -2.25. The third-order valence-corrected chi connectivity index (χ3v) is 4.38. The number of carbonyl (C=O) groups is 1. The van der Waals surface area contributed by atoms with Gasteiger partial charge in [-0.3, -0.25) is 4.79 Å². The highest BCUT2D eigenvalue weighted by atomic mass is 35.5. The highest BCUT2D eigenvalue weighted by molar-refractivity contribution is 7.80. The lowest BCUT2D eigenvalue weighted by atomic mass is 10.2. The molecule has 9 heteroatoms. The van der Waals surface area contributed by atoms with Gasteiger partial charge in [0.15, 0.2) is 5.11 Å². The number of hydrazone groups is 1. The molecule has 3 rings (SSSR count). The van der Waals surface area contributed by atoms with Crippen LogP contribution in [0, 0.1) is 6.92 Å². The first-order chi connectivity index (χ1) is 12.5. The molecule has 0 spiro atoms. The monoisotopic (exact) mass is 387 g/mol. The lowest BCUT2D eigenvalue weighted by molar-refractivity contribution is -0.124. The molecule has 1 heterocycles. The predicted molar refractivity (Wildman–Crippen MR) is 104 cm³/mol. The standard InChI is InChI=1S/C17H14ClN5O2S/c1-10-13(18)3-2-4-14(10)22-21-12-5-6-15(24)11(7-12)8-20-23-16(25)9-19-17(23)26/h2-8,24H,9H2,1H3,(H,19,26)/b20-8+,22-21?. The van der Waals surface area contributed by atoms with Crippen LogP contribution in [-0.2, 0) is 4.79 Å². The van der Waals surface area contributed by atoms with Gasteiger partial charge in [-0.15, -0.1) is 0 Å². The molecule has 2 aromatic carbocycles. The fourth-order valence-corrected chi connectivity index (χ4v) is 2.57. The van der Waals surface area contributed by atoms with Gasteiger partial charge in [0.05, 0.1) is 24.1 Å². The maximum atomic E-state index is 11.6. The number of hydrogen-bond donors (Lipinski definition) is 2. The molecule has 2 N–H and O–H groups in total. The number of aromatic hydroxyl groups is 1. The zero-order valence-corrected chi connectivity index (χ0v) is 15.3. The number of benzene rings is 2. The van der Waals surface area contributed by atoms with Crippen molar-refractivity contribution in [2.45, 2.75) is 6.92 Å². The topological polar surface area (TPSA) is 89.7 Å². The van der Waals surface area contributed by atoms with E-state index in [9.17, 15) is 9.90 Å². The zero-order valence-electron chi connectivity index (χ0n) is 13.7. The van der Waals surface area contributed by atoms with Gasteiger partial charge in [0, 0.05) is 10.6 Å². The molecule has 1 fully saturated rings. The van der Waals surface area contributed by atoms with Crippen LogP contribution in [0.2, 0.25) is 5.02 Å². The summed E-state index contributed by atoms with van der Waals surface area (Å²) >= 11 is 11.1. The fraction of sp³-hybridized carbons (Fsp3) is 0.118. The number of amides is 1. The molecule has 0 aliphatic carbocycles. The summed E-state index contributed by atoms with van der Waals surface area (Å²) in [5, 5.41) is 26.9. The van der Waals surface area contributed by atoms with E-state index in [-0.39, 0.29) is 23.3 Å². The number of halogens is 1. The molecule has 1 aliphatic heterocycles. The van der Waals surface area contributed by atoms with Crippen LogP contribution in [0.5, 0.6) is 5.75 Å². The van der Waals surface area contributed by atoms with E-state index in [0.717, 1.165) is 10.6 Å². The van der Waals surface area contributed by atoms with Crippen molar-refractivity contribution in [3.05, 3.63) is 52.5 Å². The normalized spacial score (nSPS) is 14.6. The maximum Gasteiger partial charge on any atom is 0.268 e. The molecule has 1 amide bonds. The molecule has 1 saturated heterocycles. The van der Waals surface area contributed by atoms with Gasteiger partial charge >= 0.3 is 0 Å². The van der Waals surface area contributed by atoms with Crippen molar-refractivity contribution < 1.29 is 9.90 Å². The molecule has 26 heavy (non-hydrogen) atoms. The summed E-state index contributed by atoms with van der Waals surface area (Å²) in [5.74, 6) is -0.268. The van der Waals surface area contributed by atoms with Gasteiger partial charge in [-0.1, -0.05) is 17.7 Å². The summed E-state index contributed by atoms with van der Waals surface area (Å²) in [4.78, 5) is 11.6. The first-order valence-electron chi connectivity index (χ1n) is 7.60. The van der Waals surface area contributed by atoms with Crippen molar-refractivity contribution in [3.63, 3.8) is 0 Å². The van der Waals surface area contributed by atoms with Crippen LogP contribution in [0.1, 0.15) is 11.1 Å². The Morgan fingerprint density at radius 3 is 2.85 bits per heavy atom. The molecule has 2 aromatic rings. The summed E-state index contributed by atoms with van der Waals surface area (Å²) < 4.78 is 0. The smallest absolute Gasteiger partial charge is 0.268 e. The minimum absolute atomic E-state index is 0.00263. The number of azo groups is 1. The first-order valence-corrected chi connectivity index (χ1v) is 8.39. The van der Waals surface area contributed by atoms with E-state index >= 15 is 0 Å². The van der Waals surface area contributed by atoms with Crippen molar-refractivity contribution >= 4 is 52.4 Å². The van der Waals surface area contributed by atoms with Crippen molar-refractivity contribution in [3.8, 4) is 5.75 Å². The van der Waals surface area contributed by atoms with E-state index in [4.69, 9.17) is 23.8 Å². The Kier molecular flexibility index (Phi) is 5.24. The highest BCUT2D eigenvalue weighted by Gasteiger charge is 2.24. The molecule has 0 saturated carbocycles. The van der Waals surface area contributed by atoms with Gasteiger partial charge in [0.2, 0.25) is 0 Å². The SMILES string of the molecule is Cc1c(Cl)cccc1N=Nc1ccc(O)c(/C=N/N2C(=O)CNC2=S)c1. The van der Waals surface area contributed by atoms with Crippen LogP contribution in [0.3, 0.4) is 0 Å². The molecule has 0 atom stereocenters. The number of nitrogens with one attached hydrogen (secondary N) is 1. The van der Waals surface area contributed by atoms with E-state index in [0.29, 0.717) is 22.0 Å². The summed E-state index contributed by atoms with van der Waals surface area (Å²) in [5.41, 5.74) is 2.37. The Bertz CT molecular complexity index is 929. The average molecular weight is 388 g/mol. The predicted octanol–water partition coefficient (Wildman–Crippen LogP) is 3.82. The largest absolute Gasteiger partial charge is 0.507 e. The van der Waals surface area contributed by atoms with Crippen LogP contribution in [0.4, 0.5) is 11.4 Å².